The molecule has 0 aliphatic rings. The zero-order valence-corrected chi connectivity index (χ0v) is 17.1. The standard InChI is InChI=1S/C23H20N6O2/c1-15-19(23(30)31-2)13-29-21(15)22(24-14-26-29)27-18-8-9-20-17(10-18)11-25-28(20)12-16-6-4-3-5-7-16/h3-11,13-14H,12H2,1-2H3,(H,24,26,27). The number of nitrogens with zero attached hydrogens (tertiary/aromatic N) is 5. The van der Waals surface area contributed by atoms with Crippen molar-refractivity contribution in [2.24, 2.45) is 0 Å². The number of hydrogen-bond donors (Lipinski definition) is 1. The van der Waals surface area contributed by atoms with E-state index >= 15 is 0 Å². The van der Waals surface area contributed by atoms with Crippen LogP contribution in [-0.4, -0.2) is 37.5 Å². The number of ether oxygens (including phenoxy) is 1. The van der Waals surface area contributed by atoms with Crippen LogP contribution >= 0.6 is 0 Å². The van der Waals surface area contributed by atoms with Crippen LogP contribution in [0.15, 0.2) is 67.3 Å². The zero-order chi connectivity index (χ0) is 21.4. The van der Waals surface area contributed by atoms with E-state index in [1.165, 1.54) is 19.0 Å². The molecule has 2 aromatic carbocycles. The molecule has 1 N–H and O–H groups in total. The second-order valence-electron chi connectivity index (χ2n) is 7.25. The molecular weight excluding hydrogens is 392 g/mol. The number of nitrogens with one attached hydrogen (secondary N) is 1. The molecule has 0 saturated heterocycles. The summed E-state index contributed by atoms with van der Waals surface area (Å²) >= 11 is 0. The smallest absolute Gasteiger partial charge is 0.339 e. The summed E-state index contributed by atoms with van der Waals surface area (Å²) in [6.07, 6.45) is 4.96. The summed E-state index contributed by atoms with van der Waals surface area (Å²) in [5, 5.41) is 13.1. The Labute approximate surface area is 178 Å². The predicted molar refractivity (Wildman–Crippen MR) is 118 cm³/mol. The Kier molecular flexibility index (Phi) is 4.59. The van der Waals surface area contributed by atoms with E-state index in [1.54, 1.807) is 10.7 Å². The number of fused-ring (bicyclic) bond motifs is 2. The van der Waals surface area contributed by atoms with Gasteiger partial charge in [-0.1, -0.05) is 30.3 Å². The van der Waals surface area contributed by atoms with Gasteiger partial charge in [-0.25, -0.2) is 14.3 Å². The summed E-state index contributed by atoms with van der Waals surface area (Å²) in [5.74, 6) is 0.208. The lowest BCUT2D eigenvalue weighted by molar-refractivity contribution is 0.0600. The fraction of sp³-hybridized carbons (Fsp3) is 0.130. The molecule has 0 amide bonds. The van der Waals surface area contributed by atoms with Crippen molar-refractivity contribution in [3.05, 3.63) is 83.9 Å². The average Bonchev–Trinajstić information content (AvgIpc) is 3.35. The Morgan fingerprint density at radius 3 is 2.77 bits per heavy atom. The van der Waals surface area contributed by atoms with Gasteiger partial charge in [0, 0.05) is 17.3 Å². The van der Waals surface area contributed by atoms with Gasteiger partial charge in [-0.3, -0.25) is 4.68 Å². The molecule has 0 spiro atoms. The maximum absolute atomic E-state index is 12.0. The minimum Gasteiger partial charge on any atom is -0.465 e. The maximum atomic E-state index is 12.0. The first-order chi connectivity index (χ1) is 15.1. The molecule has 8 heteroatoms. The number of esters is 1. The van der Waals surface area contributed by atoms with Gasteiger partial charge in [0.05, 0.1) is 30.9 Å². The van der Waals surface area contributed by atoms with E-state index in [9.17, 15) is 4.79 Å². The third kappa shape index (κ3) is 3.38. The summed E-state index contributed by atoms with van der Waals surface area (Å²) in [6, 6.07) is 16.3. The van der Waals surface area contributed by atoms with E-state index in [-0.39, 0.29) is 0 Å². The summed E-state index contributed by atoms with van der Waals surface area (Å²) < 4.78 is 8.48. The van der Waals surface area contributed by atoms with Gasteiger partial charge in [-0.2, -0.15) is 10.2 Å². The molecule has 0 fully saturated rings. The van der Waals surface area contributed by atoms with Crippen LogP contribution < -0.4 is 5.32 Å². The number of aryl methyl sites for hydroxylation is 1. The van der Waals surface area contributed by atoms with Crippen LogP contribution in [0.3, 0.4) is 0 Å². The first-order valence-corrected chi connectivity index (χ1v) is 9.82. The van der Waals surface area contributed by atoms with Crippen molar-refractivity contribution in [3.63, 3.8) is 0 Å². The Morgan fingerprint density at radius 1 is 1.13 bits per heavy atom. The van der Waals surface area contributed by atoms with Gasteiger partial charge in [-0.15, -0.1) is 0 Å². The van der Waals surface area contributed by atoms with E-state index in [2.05, 4.69) is 32.6 Å². The molecule has 3 heterocycles. The number of hydrogen-bond acceptors (Lipinski definition) is 6. The van der Waals surface area contributed by atoms with Crippen molar-refractivity contribution < 1.29 is 9.53 Å². The molecule has 8 nitrogen and oxygen atoms in total. The molecule has 0 atom stereocenters. The van der Waals surface area contributed by atoms with Gasteiger partial charge in [0.2, 0.25) is 0 Å². The number of carbonyl (C=O) groups is 1. The summed E-state index contributed by atoms with van der Waals surface area (Å²) in [6.45, 7) is 2.57. The fourth-order valence-corrected chi connectivity index (χ4v) is 3.75. The lowest BCUT2D eigenvalue weighted by atomic mass is 10.2. The third-order valence-corrected chi connectivity index (χ3v) is 5.31. The molecule has 3 aromatic heterocycles. The van der Waals surface area contributed by atoms with Crippen molar-refractivity contribution in [1.29, 1.82) is 0 Å². The highest BCUT2D eigenvalue weighted by Gasteiger charge is 2.18. The fourth-order valence-electron chi connectivity index (χ4n) is 3.75. The van der Waals surface area contributed by atoms with Gasteiger partial charge in [-0.05, 0) is 36.2 Å². The van der Waals surface area contributed by atoms with Gasteiger partial charge in [0.25, 0.3) is 0 Å². The normalized spacial score (nSPS) is 11.2. The second-order valence-corrected chi connectivity index (χ2v) is 7.25. The molecular formula is C23H20N6O2. The van der Waals surface area contributed by atoms with Crippen LogP contribution in [0, 0.1) is 6.92 Å². The largest absolute Gasteiger partial charge is 0.465 e. The van der Waals surface area contributed by atoms with E-state index in [4.69, 9.17) is 4.74 Å². The molecule has 0 radical (unpaired) electrons. The van der Waals surface area contributed by atoms with Crippen LogP contribution in [-0.2, 0) is 11.3 Å². The van der Waals surface area contributed by atoms with Crippen molar-refractivity contribution in [3.8, 4) is 0 Å². The van der Waals surface area contributed by atoms with Crippen molar-refractivity contribution in [1.82, 2.24) is 24.4 Å². The second kappa shape index (κ2) is 7.56. The van der Waals surface area contributed by atoms with E-state index in [1.807, 2.05) is 54.2 Å². The highest BCUT2D eigenvalue weighted by atomic mass is 16.5. The monoisotopic (exact) mass is 412 g/mol. The van der Waals surface area contributed by atoms with Gasteiger partial charge in [0.1, 0.15) is 11.8 Å². The van der Waals surface area contributed by atoms with E-state index in [0.717, 1.165) is 27.7 Å². The number of anilines is 2. The molecule has 0 unspecified atom stereocenters. The van der Waals surface area contributed by atoms with E-state index in [0.29, 0.717) is 17.9 Å². The summed E-state index contributed by atoms with van der Waals surface area (Å²) in [4.78, 5) is 16.4. The van der Waals surface area contributed by atoms with Crippen LogP contribution in [0.4, 0.5) is 11.5 Å². The highest BCUT2D eigenvalue weighted by molar-refractivity contribution is 5.95. The molecule has 0 aliphatic carbocycles. The topological polar surface area (TPSA) is 86.3 Å². The lowest BCUT2D eigenvalue weighted by Crippen LogP contribution is -2.02. The minimum absolute atomic E-state index is 0.402. The SMILES string of the molecule is COC(=O)c1cn2ncnc(Nc3ccc4c(cnn4Cc4ccccc4)c3)c2c1C. The molecule has 5 rings (SSSR count). The quantitative estimate of drug-likeness (QED) is 0.440. The highest BCUT2D eigenvalue weighted by Crippen LogP contribution is 2.27. The Bertz CT molecular complexity index is 1400. The number of aromatic nitrogens is 5. The molecule has 31 heavy (non-hydrogen) atoms. The first-order valence-electron chi connectivity index (χ1n) is 9.82. The molecule has 0 aliphatic heterocycles. The lowest BCUT2D eigenvalue weighted by Gasteiger charge is -2.09. The maximum Gasteiger partial charge on any atom is 0.339 e. The van der Waals surface area contributed by atoms with E-state index < -0.39 is 5.97 Å². The first kappa shape index (κ1) is 18.8. The van der Waals surface area contributed by atoms with Gasteiger partial charge >= 0.3 is 5.97 Å². The van der Waals surface area contributed by atoms with Crippen molar-refractivity contribution in [2.45, 2.75) is 13.5 Å². The molecule has 0 bridgehead atoms. The molecule has 154 valence electrons. The Morgan fingerprint density at radius 2 is 1.97 bits per heavy atom. The van der Waals surface area contributed by atoms with Gasteiger partial charge in [0.15, 0.2) is 5.82 Å². The summed E-state index contributed by atoms with van der Waals surface area (Å²) in [7, 11) is 1.36. The van der Waals surface area contributed by atoms with Crippen LogP contribution in [0.2, 0.25) is 0 Å². The number of carbonyl (C=O) groups excluding carboxylic acids is 1. The number of benzene rings is 2. The predicted octanol–water partition coefficient (Wildman–Crippen LogP) is 3.97. The van der Waals surface area contributed by atoms with Crippen LogP contribution in [0.25, 0.3) is 16.4 Å². The summed E-state index contributed by atoms with van der Waals surface area (Å²) in [5.41, 5.74) is 5.06. The Balaban J connectivity index is 1.48. The minimum atomic E-state index is -0.402. The zero-order valence-electron chi connectivity index (χ0n) is 17.1. The Hall–Kier alpha value is -4.20. The van der Waals surface area contributed by atoms with Crippen LogP contribution in [0.1, 0.15) is 21.5 Å². The molecule has 0 saturated carbocycles. The third-order valence-electron chi connectivity index (χ3n) is 5.31. The number of methoxy groups -OCH3 is 1. The van der Waals surface area contributed by atoms with Gasteiger partial charge < -0.3 is 10.1 Å². The van der Waals surface area contributed by atoms with Crippen LogP contribution in [0.5, 0.6) is 0 Å². The van der Waals surface area contributed by atoms with Crippen molar-refractivity contribution >= 4 is 33.9 Å². The average molecular weight is 412 g/mol. The molecule has 5 aromatic rings. The van der Waals surface area contributed by atoms with Crippen molar-refractivity contribution in [2.75, 3.05) is 12.4 Å². The number of rotatable bonds is 5.